The monoisotopic (exact) mass is 540 g/mol. The summed E-state index contributed by atoms with van der Waals surface area (Å²) in [7, 11) is -3.59. The van der Waals surface area contributed by atoms with E-state index in [9.17, 15) is 13.2 Å². The third-order valence-corrected chi connectivity index (χ3v) is 9.80. The number of ketones is 1. The minimum atomic E-state index is -3.59. The van der Waals surface area contributed by atoms with Crippen LogP contribution in [0.2, 0.25) is 0 Å². The predicted octanol–water partition coefficient (Wildman–Crippen LogP) is 4.30. The summed E-state index contributed by atoms with van der Waals surface area (Å²) in [4.78, 5) is 12.8. The number of carbonyl (C=O) groups is 1. The van der Waals surface area contributed by atoms with Gasteiger partial charge in [0.15, 0.2) is 10.1 Å². The van der Waals surface area contributed by atoms with Crippen molar-refractivity contribution in [3.05, 3.63) is 77.9 Å². The molecule has 0 bridgehead atoms. The number of thioether (sulfide) groups is 1. The van der Waals surface area contributed by atoms with Crippen LogP contribution in [0, 0.1) is 0 Å². The molecule has 5 rings (SSSR count). The molecule has 2 heterocycles. The Labute approximate surface area is 217 Å². The highest BCUT2D eigenvalue weighted by molar-refractivity contribution is 8.00. The van der Waals surface area contributed by atoms with Gasteiger partial charge in [-0.25, -0.2) is 8.42 Å². The number of ether oxygens (including phenoxy) is 1. The summed E-state index contributed by atoms with van der Waals surface area (Å²) in [6.45, 7) is 1.47. The van der Waals surface area contributed by atoms with Gasteiger partial charge in [-0.05, 0) is 40.6 Å². The van der Waals surface area contributed by atoms with Gasteiger partial charge in [0.2, 0.25) is 15.2 Å². The Kier molecular flexibility index (Phi) is 7.63. The number of hydrogen-bond donors (Lipinski definition) is 1. The van der Waals surface area contributed by atoms with Crippen LogP contribution >= 0.6 is 23.1 Å². The van der Waals surface area contributed by atoms with Crippen LogP contribution in [0.15, 0.2) is 76.0 Å². The van der Waals surface area contributed by atoms with Crippen molar-refractivity contribution in [3.8, 4) is 0 Å². The molecule has 0 radical (unpaired) electrons. The summed E-state index contributed by atoms with van der Waals surface area (Å²) in [5.41, 5.74) is 1.66. The van der Waals surface area contributed by atoms with Crippen molar-refractivity contribution in [1.82, 2.24) is 14.5 Å². The van der Waals surface area contributed by atoms with E-state index in [0.717, 1.165) is 10.1 Å². The van der Waals surface area contributed by atoms with Crippen LogP contribution in [0.1, 0.15) is 15.9 Å². The number of Topliss-reactive ketones (excluding diaryl/α,β-unsaturated/α-hetero) is 1. The van der Waals surface area contributed by atoms with Gasteiger partial charge in [-0.3, -0.25) is 4.79 Å². The molecule has 36 heavy (non-hydrogen) atoms. The molecule has 0 amide bonds. The van der Waals surface area contributed by atoms with E-state index in [1.165, 1.54) is 44.1 Å². The quantitative estimate of drug-likeness (QED) is 0.248. The standard InChI is InChI=1S/C25H24N4O4S3/c30-23(19-8-10-21(11-9-19)36(31,32)29-12-14-33-15-13-29)16-26-24-27-28-25(35-24)34-17-20-6-3-5-18-4-1-2-7-22(18)20/h1-11H,12-17H2,(H,26,27). The van der Waals surface area contributed by atoms with E-state index >= 15 is 0 Å². The van der Waals surface area contributed by atoms with Crippen LogP contribution in [0.5, 0.6) is 0 Å². The molecule has 0 atom stereocenters. The van der Waals surface area contributed by atoms with E-state index in [1.54, 1.807) is 23.9 Å². The molecule has 1 aliphatic rings. The molecule has 186 valence electrons. The lowest BCUT2D eigenvalue weighted by Crippen LogP contribution is -2.40. The topological polar surface area (TPSA) is 101 Å². The van der Waals surface area contributed by atoms with Gasteiger partial charge in [-0.2, -0.15) is 4.31 Å². The van der Waals surface area contributed by atoms with Gasteiger partial charge < -0.3 is 10.1 Å². The maximum atomic E-state index is 12.7. The summed E-state index contributed by atoms with van der Waals surface area (Å²) in [5, 5.41) is 14.4. The van der Waals surface area contributed by atoms with E-state index in [-0.39, 0.29) is 17.2 Å². The fourth-order valence-corrected chi connectivity index (χ4v) is 7.06. The first kappa shape index (κ1) is 24.8. The summed E-state index contributed by atoms with van der Waals surface area (Å²) < 4.78 is 32.9. The van der Waals surface area contributed by atoms with Crippen molar-refractivity contribution < 1.29 is 17.9 Å². The molecule has 3 aromatic carbocycles. The highest BCUT2D eigenvalue weighted by atomic mass is 32.2. The second-order valence-corrected chi connectivity index (χ2v) is 12.3. The Morgan fingerprint density at radius 1 is 1.00 bits per heavy atom. The number of morpholine rings is 1. The average Bonchev–Trinajstić information content (AvgIpc) is 3.39. The molecule has 1 aromatic heterocycles. The van der Waals surface area contributed by atoms with Gasteiger partial charge in [0.1, 0.15) is 0 Å². The molecular formula is C25H24N4O4S3. The molecule has 0 aliphatic carbocycles. The molecule has 4 aromatic rings. The molecule has 0 spiro atoms. The summed E-state index contributed by atoms with van der Waals surface area (Å²) in [6.07, 6.45) is 0. The van der Waals surface area contributed by atoms with E-state index in [4.69, 9.17) is 4.74 Å². The number of nitrogens with zero attached hydrogens (tertiary/aromatic N) is 3. The summed E-state index contributed by atoms with van der Waals surface area (Å²) in [5.74, 6) is 0.611. The molecule has 11 heteroatoms. The lowest BCUT2D eigenvalue weighted by Gasteiger charge is -2.26. The third kappa shape index (κ3) is 5.60. The fourth-order valence-electron chi connectivity index (χ4n) is 3.90. The molecule has 1 fully saturated rings. The molecule has 0 unspecified atom stereocenters. The number of aromatic nitrogens is 2. The van der Waals surface area contributed by atoms with Gasteiger partial charge in [0.25, 0.3) is 0 Å². The van der Waals surface area contributed by atoms with Crippen molar-refractivity contribution in [3.63, 3.8) is 0 Å². The van der Waals surface area contributed by atoms with Gasteiger partial charge in [-0.1, -0.05) is 65.6 Å². The van der Waals surface area contributed by atoms with E-state index in [0.29, 0.717) is 37.0 Å². The second kappa shape index (κ2) is 11.1. The number of carbonyl (C=O) groups excluding carboxylic acids is 1. The average molecular weight is 541 g/mol. The number of fused-ring (bicyclic) bond motifs is 1. The normalized spacial score (nSPS) is 14.7. The molecule has 1 saturated heterocycles. The zero-order valence-corrected chi connectivity index (χ0v) is 21.7. The lowest BCUT2D eigenvalue weighted by molar-refractivity contribution is 0.0730. The zero-order valence-electron chi connectivity index (χ0n) is 19.3. The number of sulfonamides is 1. The Hall–Kier alpha value is -2.83. The fraction of sp³-hybridized carbons (Fsp3) is 0.240. The SMILES string of the molecule is O=C(CNc1nnc(SCc2cccc3ccccc23)s1)c1ccc(S(=O)(=O)N2CCOCC2)cc1. The van der Waals surface area contributed by atoms with Crippen LogP contribution in [0.3, 0.4) is 0 Å². The first-order chi connectivity index (χ1) is 17.5. The summed E-state index contributed by atoms with van der Waals surface area (Å²) >= 11 is 3.01. The highest BCUT2D eigenvalue weighted by Crippen LogP contribution is 2.30. The lowest BCUT2D eigenvalue weighted by atomic mass is 10.1. The van der Waals surface area contributed by atoms with Crippen molar-refractivity contribution in [2.45, 2.75) is 15.0 Å². The van der Waals surface area contributed by atoms with Crippen molar-refractivity contribution in [2.75, 3.05) is 38.2 Å². The highest BCUT2D eigenvalue weighted by Gasteiger charge is 2.26. The molecule has 1 N–H and O–H groups in total. The van der Waals surface area contributed by atoms with Crippen LogP contribution in [0.25, 0.3) is 10.8 Å². The number of hydrogen-bond acceptors (Lipinski definition) is 9. The minimum absolute atomic E-state index is 0.0399. The molecular weight excluding hydrogens is 517 g/mol. The first-order valence-corrected chi connectivity index (χ1v) is 14.6. The Balaban J connectivity index is 1.16. The Bertz CT molecular complexity index is 1460. The van der Waals surface area contributed by atoms with E-state index in [2.05, 4.69) is 45.8 Å². The smallest absolute Gasteiger partial charge is 0.243 e. The predicted molar refractivity (Wildman–Crippen MR) is 142 cm³/mol. The largest absolute Gasteiger partial charge is 0.379 e. The van der Waals surface area contributed by atoms with Gasteiger partial charge in [-0.15, -0.1) is 10.2 Å². The van der Waals surface area contributed by atoms with Gasteiger partial charge >= 0.3 is 0 Å². The van der Waals surface area contributed by atoms with Crippen LogP contribution in [0.4, 0.5) is 5.13 Å². The third-order valence-electron chi connectivity index (χ3n) is 5.82. The maximum absolute atomic E-state index is 12.7. The first-order valence-electron chi connectivity index (χ1n) is 11.4. The van der Waals surface area contributed by atoms with Crippen LogP contribution in [-0.2, 0) is 20.5 Å². The maximum Gasteiger partial charge on any atom is 0.243 e. The Morgan fingerprint density at radius 2 is 1.75 bits per heavy atom. The molecule has 1 aliphatic heterocycles. The van der Waals surface area contributed by atoms with Gasteiger partial charge in [0.05, 0.1) is 24.7 Å². The number of rotatable bonds is 9. The zero-order chi connectivity index (χ0) is 25.0. The molecule has 8 nitrogen and oxygen atoms in total. The second-order valence-electron chi connectivity index (χ2n) is 8.12. The Morgan fingerprint density at radius 3 is 2.56 bits per heavy atom. The number of benzene rings is 3. The summed E-state index contributed by atoms with van der Waals surface area (Å²) in [6, 6.07) is 20.6. The van der Waals surface area contributed by atoms with E-state index < -0.39 is 10.0 Å². The van der Waals surface area contributed by atoms with Gasteiger partial charge in [0, 0.05) is 24.4 Å². The minimum Gasteiger partial charge on any atom is -0.379 e. The van der Waals surface area contributed by atoms with E-state index in [1.807, 2.05) is 12.1 Å². The van der Waals surface area contributed by atoms with Crippen molar-refractivity contribution >= 4 is 54.8 Å². The van der Waals surface area contributed by atoms with Crippen LogP contribution < -0.4 is 5.32 Å². The number of anilines is 1. The van der Waals surface area contributed by atoms with Crippen molar-refractivity contribution in [2.24, 2.45) is 0 Å². The van der Waals surface area contributed by atoms with Crippen LogP contribution in [-0.4, -0.2) is 61.6 Å². The molecule has 0 saturated carbocycles. The number of nitrogens with one attached hydrogen (secondary N) is 1. The van der Waals surface area contributed by atoms with Crippen molar-refractivity contribution in [1.29, 1.82) is 0 Å².